The van der Waals surface area contributed by atoms with Crippen molar-refractivity contribution in [3.63, 3.8) is 0 Å². The Morgan fingerprint density at radius 3 is 2.70 bits per heavy atom. The lowest BCUT2D eigenvalue weighted by molar-refractivity contribution is -0.137. The smallest absolute Gasteiger partial charge is 0.370 e. The number of alkyl halides is 3. The van der Waals surface area contributed by atoms with Crippen molar-refractivity contribution >= 4 is 39.3 Å². The van der Waals surface area contributed by atoms with Crippen molar-refractivity contribution < 1.29 is 17.9 Å². The summed E-state index contributed by atoms with van der Waals surface area (Å²) < 4.78 is 45.9. The number of rotatable bonds is 3. The number of nitrogens with zero attached hydrogens (tertiary/aromatic N) is 4. The summed E-state index contributed by atoms with van der Waals surface area (Å²) in [4.78, 5) is 15.2. The van der Waals surface area contributed by atoms with E-state index in [1.54, 1.807) is 11.8 Å². The molecule has 1 aliphatic rings. The molecule has 1 unspecified atom stereocenters. The summed E-state index contributed by atoms with van der Waals surface area (Å²) in [5, 5.41) is 0. The van der Waals surface area contributed by atoms with Crippen molar-refractivity contribution in [2.45, 2.75) is 16.6 Å². The third-order valence-corrected chi connectivity index (χ3v) is 6.33. The zero-order valence-electron chi connectivity index (χ0n) is 14.2. The fourth-order valence-corrected chi connectivity index (χ4v) is 4.50. The Hall–Kier alpha value is -1.91. The molecule has 0 saturated carbocycles. The fraction of sp³-hybridized carbons (Fsp3) is 0.353. The van der Waals surface area contributed by atoms with Crippen LogP contribution >= 0.6 is 23.1 Å². The van der Waals surface area contributed by atoms with Gasteiger partial charge in [-0.2, -0.15) is 13.2 Å². The predicted molar refractivity (Wildman–Crippen MR) is 99.3 cm³/mol. The van der Waals surface area contributed by atoms with Gasteiger partial charge in [-0.3, -0.25) is 0 Å². The van der Waals surface area contributed by atoms with Crippen LogP contribution in [0.1, 0.15) is 17.2 Å². The van der Waals surface area contributed by atoms with Crippen molar-refractivity contribution in [1.29, 1.82) is 0 Å². The topological polar surface area (TPSA) is 51.1 Å². The van der Waals surface area contributed by atoms with Crippen molar-refractivity contribution in [2.75, 3.05) is 30.9 Å². The summed E-state index contributed by atoms with van der Waals surface area (Å²) in [6, 6.07) is 5.14. The number of hydrogen-bond donors (Lipinski definition) is 0. The van der Waals surface area contributed by atoms with Gasteiger partial charge in [-0.15, -0.1) is 11.3 Å². The first kappa shape index (κ1) is 18.5. The fourth-order valence-electron chi connectivity index (χ4n) is 2.97. The lowest BCUT2D eigenvalue weighted by atomic mass is 10.1. The second kappa shape index (κ2) is 7.25. The summed E-state index contributed by atoms with van der Waals surface area (Å²) in [5.74, 6) is 0.790. The molecule has 27 heavy (non-hydrogen) atoms. The molecule has 10 heteroatoms. The van der Waals surface area contributed by atoms with Gasteiger partial charge in [0.05, 0.1) is 12.2 Å². The van der Waals surface area contributed by atoms with Crippen LogP contribution in [0.2, 0.25) is 0 Å². The zero-order chi connectivity index (χ0) is 19.0. The minimum atomic E-state index is -4.34. The molecule has 1 fully saturated rings. The Kier molecular flexibility index (Phi) is 4.95. The molecule has 2 aromatic heterocycles. The molecule has 4 rings (SSSR count). The Labute approximate surface area is 161 Å². The van der Waals surface area contributed by atoms with Gasteiger partial charge in [0, 0.05) is 13.1 Å². The molecular weight excluding hydrogens is 397 g/mol. The van der Waals surface area contributed by atoms with Gasteiger partial charge in [-0.1, -0.05) is 23.9 Å². The summed E-state index contributed by atoms with van der Waals surface area (Å²) in [6.07, 6.45) is -1.21. The van der Waals surface area contributed by atoms with E-state index in [0.717, 1.165) is 27.0 Å². The average molecular weight is 412 g/mol. The number of ether oxygens (including phenoxy) is 1. The van der Waals surface area contributed by atoms with Gasteiger partial charge < -0.3 is 9.64 Å². The Balaban J connectivity index is 1.59. The molecule has 0 spiro atoms. The molecule has 0 amide bonds. The SMILES string of the molecule is CSc1nc2ncnc(N3CCOC(c4ccc(C(F)(F)F)cc4)C3)c2s1. The second-order valence-corrected chi connectivity index (χ2v) is 8.01. The molecule has 1 atom stereocenters. The lowest BCUT2D eigenvalue weighted by Gasteiger charge is -2.34. The van der Waals surface area contributed by atoms with E-state index in [1.807, 2.05) is 6.26 Å². The predicted octanol–water partition coefficient (Wildman–Crippen LogP) is 4.40. The number of thiazole rings is 1. The third-order valence-electron chi connectivity index (χ3n) is 4.30. The van der Waals surface area contributed by atoms with Gasteiger partial charge >= 0.3 is 6.18 Å². The third kappa shape index (κ3) is 3.74. The normalized spacial score (nSPS) is 18.2. The van der Waals surface area contributed by atoms with Crippen LogP contribution in [-0.2, 0) is 10.9 Å². The van der Waals surface area contributed by atoms with E-state index in [2.05, 4.69) is 19.9 Å². The highest BCUT2D eigenvalue weighted by atomic mass is 32.2. The molecule has 0 radical (unpaired) electrons. The van der Waals surface area contributed by atoms with Crippen LogP contribution in [0.25, 0.3) is 10.3 Å². The molecule has 5 nitrogen and oxygen atoms in total. The summed E-state index contributed by atoms with van der Waals surface area (Å²) in [6.45, 7) is 1.62. The maximum Gasteiger partial charge on any atom is 0.416 e. The van der Waals surface area contributed by atoms with Gasteiger partial charge in [0.1, 0.15) is 17.1 Å². The highest BCUT2D eigenvalue weighted by Crippen LogP contribution is 2.35. The molecule has 0 aliphatic carbocycles. The van der Waals surface area contributed by atoms with Crippen molar-refractivity contribution in [1.82, 2.24) is 15.0 Å². The highest BCUT2D eigenvalue weighted by Gasteiger charge is 2.31. The van der Waals surface area contributed by atoms with Crippen molar-refractivity contribution in [3.8, 4) is 0 Å². The van der Waals surface area contributed by atoms with E-state index in [-0.39, 0.29) is 6.10 Å². The molecule has 3 heterocycles. The zero-order valence-corrected chi connectivity index (χ0v) is 15.9. The number of hydrogen-bond acceptors (Lipinski definition) is 7. The summed E-state index contributed by atoms with van der Waals surface area (Å²) >= 11 is 3.09. The number of anilines is 1. The van der Waals surface area contributed by atoms with Gasteiger partial charge in [-0.05, 0) is 24.0 Å². The van der Waals surface area contributed by atoms with E-state index in [4.69, 9.17) is 4.74 Å². The summed E-state index contributed by atoms with van der Waals surface area (Å²) in [5.41, 5.74) is 0.713. The number of aromatic nitrogens is 3. The Morgan fingerprint density at radius 1 is 1.22 bits per heavy atom. The number of halogens is 3. The molecule has 1 saturated heterocycles. The van der Waals surface area contributed by atoms with E-state index in [9.17, 15) is 13.2 Å². The minimum absolute atomic E-state index is 0.320. The number of morpholine rings is 1. The molecule has 1 aromatic carbocycles. The molecule has 0 N–H and O–H groups in total. The lowest BCUT2D eigenvalue weighted by Crippen LogP contribution is -2.39. The quantitative estimate of drug-likeness (QED) is 0.594. The maximum atomic E-state index is 12.8. The minimum Gasteiger partial charge on any atom is -0.370 e. The van der Waals surface area contributed by atoms with Gasteiger partial charge in [0.2, 0.25) is 0 Å². The first-order valence-corrected chi connectivity index (χ1v) is 10.2. The van der Waals surface area contributed by atoms with Gasteiger partial charge in [-0.25, -0.2) is 15.0 Å². The molecule has 0 bridgehead atoms. The van der Waals surface area contributed by atoms with Crippen LogP contribution < -0.4 is 4.90 Å². The first-order valence-electron chi connectivity index (χ1n) is 8.15. The monoisotopic (exact) mass is 412 g/mol. The number of fused-ring (bicyclic) bond motifs is 1. The number of benzene rings is 1. The van der Waals surface area contributed by atoms with Crippen LogP contribution in [0.15, 0.2) is 34.9 Å². The molecular formula is C17H15F3N4OS2. The van der Waals surface area contributed by atoms with E-state index in [1.165, 1.54) is 29.8 Å². The van der Waals surface area contributed by atoms with Crippen LogP contribution in [0.5, 0.6) is 0 Å². The molecule has 142 valence electrons. The van der Waals surface area contributed by atoms with Crippen LogP contribution in [0.4, 0.5) is 19.0 Å². The molecule has 1 aliphatic heterocycles. The highest BCUT2D eigenvalue weighted by molar-refractivity contribution is 8.00. The van der Waals surface area contributed by atoms with Crippen molar-refractivity contribution in [2.24, 2.45) is 0 Å². The Bertz CT molecular complexity index is 945. The second-order valence-electron chi connectivity index (χ2n) is 5.96. The largest absolute Gasteiger partial charge is 0.416 e. The van der Waals surface area contributed by atoms with Gasteiger partial charge in [0.25, 0.3) is 0 Å². The van der Waals surface area contributed by atoms with Crippen LogP contribution in [0.3, 0.4) is 0 Å². The molecule has 3 aromatic rings. The van der Waals surface area contributed by atoms with E-state index < -0.39 is 11.7 Å². The van der Waals surface area contributed by atoms with E-state index in [0.29, 0.717) is 30.9 Å². The first-order chi connectivity index (χ1) is 13.0. The number of thioether (sulfide) groups is 1. The average Bonchev–Trinajstić information content (AvgIpc) is 3.11. The van der Waals surface area contributed by atoms with Gasteiger partial charge in [0.15, 0.2) is 15.8 Å². The standard InChI is InChI=1S/C17H15F3N4OS2/c1-26-16-23-14-13(27-16)15(22-9-21-14)24-6-7-25-12(8-24)10-2-4-11(5-3-10)17(18,19)20/h2-5,9,12H,6-8H2,1H3. The van der Waals surface area contributed by atoms with Crippen molar-refractivity contribution in [3.05, 3.63) is 41.7 Å². The van der Waals surface area contributed by atoms with Crippen LogP contribution in [0, 0.1) is 0 Å². The Morgan fingerprint density at radius 2 is 2.00 bits per heavy atom. The van der Waals surface area contributed by atoms with E-state index >= 15 is 0 Å². The van der Waals surface area contributed by atoms with Crippen LogP contribution in [-0.4, -0.2) is 40.9 Å². The summed E-state index contributed by atoms with van der Waals surface area (Å²) in [7, 11) is 0. The maximum absolute atomic E-state index is 12.8.